The average molecular weight is 491 g/mol. The molecule has 0 atom stereocenters. The van der Waals surface area contributed by atoms with E-state index in [0.29, 0.717) is 22.5 Å². The minimum Gasteiger partial charge on any atom is -0.310 e. The van der Waals surface area contributed by atoms with Crippen LogP contribution in [0.4, 0.5) is 28.4 Å². The normalized spacial score (nSPS) is 12.3. The number of fused-ring (bicyclic) bond motifs is 1. The van der Waals surface area contributed by atoms with E-state index in [2.05, 4.69) is 88.2 Å². The van der Waals surface area contributed by atoms with Crippen molar-refractivity contribution in [3.05, 3.63) is 135 Å². The van der Waals surface area contributed by atoms with Gasteiger partial charge >= 0.3 is 0 Å². The number of nitrogens with zero attached hydrogens (tertiary/aromatic N) is 4. The average Bonchev–Trinajstić information content (AvgIpc) is 2.97. The monoisotopic (exact) mass is 490 g/mol. The lowest BCUT2D eigenvalue weighted by atomic mass is 9.90. The summed E-state index contributed by atoms with van der Waals surface area (Å²) in [5.41, 5.74) is 9.97. The second-order valence-electron chi connectivity index (χ2n) is 9.48. The number of anilines is 3. The van der Waals surface area contributed by atoms with Crippen LogP contribution < -0.4 is 4.90 Å². The van der Waals surface area contributed by atoms with Crippen LogP contribution in [-0.2, 0) is 12.8 Å². The summed E-state index contributed by atoms with van der Waals surface area (Å²) in [5, 5.41) is 9.21. The zero-order chi connectivity index (χ0) is 26.5. The Morgan fingerprint density at radius 2 is 1.45 bits per heavy atom. The molecule has 1 aliphatic carbocycles. The Labute approximate surface area is 224 Å². The first-order valence-electron chi connectivity index (χ1n) is 12.7. The number of aryl methyl sites for hydroxylation is 2. The molecule has 0 fully saturated rings. The molecule has 4 aromatic carbocycles. The van der Waals surface area contributed by atoms with E-state index in [4.69, 9.17) is 13.1 Å². The highest BCUT2D eigenvalue weighted by atomic mass is 15.1. The maximum Gasteiger partial charge on any atom is 0.185 e. The highest BCUT2D eigenvalue weighted by molar-refractivity contribution is 5.87. The first-order valence-corrected chi connectivity index (χ1v) is 12.7. The molecule has 0 spiro atoms. The SMILES string of the molecule is [C-]#[N+]c1cc(C#N)cc([N+]#[C-])c1C=Cc1ccc(N(c2ccc(C)cc2)c2cccc3c2CCCC3)cc1. The third-order valence-corrected chi connectivity index (χ3v) is 7.00. The van der Waals surface area contributed by atoms with Crippen molar-refractivity contribution in [1.82, 2.24) is 0 Å². The molecule has 0 radical (unpaired) electrons. The van der Waals surface area contributed by atoms with E-state index in [0.717, 1.165) is 29.8 Å². The predicted octanol–water partition coefficient (Wildman–Crippen LogP) is 9.49. The summed E-state index contributed by atoms with van der Waals surface area (Å²) in [6.07, 6.45) is 8.38. The molecule has 5 rings (SSSR count). The van der Waals surface area contributed by atoms with Crippen molar-refractivity contribution >= 4 is 40.6 Å². The van der Waals surface area contributed by atoms with Gasteiger partial charge in [-0.05, 0) is 97.3 Å². The molecule has 4 heteroatoms. The van der Waals surface area contributed by atoms with E-state index in [1.54, 1.807) is 6.08 Å². The molecule has 182 valence electrons. The third-order valence-electron chi connectivity index (χ3n) is 7.00. The number of benzene rings is 4. The van der Waals surface area contributed by atoms with Crippen LogP contribution >= 0.6 is 0 Å². The maximum absolute atomic E-state index is 9.21. The summed E-state index contributed by atoms with van der Waals surface area (Å²) in [5.74, 6) is 0. The van der Waals surface area contributed by atoms with E-state index >= 15 is 0 Å². The van der Waals surface area contributed by atoms with Gasteiger partial charge in [0, 0.05) is 22.6 Å². The molecule has 0 saturated carbocycles. The highest BCUT2D eigenvalue weighted by Crippen LogP contribution is 2.40. The first kappa shape index (κ1) is 24.6. The number of rotatable bonds is 5. The molecule has 0 amide bonds. The van der Waals surface area contributed by atoms with Gasteiger partial charge in [-0.3, -0.25) is 0 Å². The van der Waals surface area contributed by atoms with Crippen molar-refractivity contribution in [1.29, 1.82) is 5.26 Å². The number of hydrogen-bond acceptors (Lipinski definition) is 2. The van der Waals surface area contributed by atoms with Crippen LogP contribution in [0.25, 0.3) is 21.8 Å². The van der Waals surface area contributed by atoms with Gasteiger partial charge in [0.05, 0.1) is 19.2 Å². The zero-order valence-corrected chi connectivity index (χ0v) is 21.3. The lowest BCUT2D eigenvalue weighted by Crippen LogP contribution is -2.15. The van der Waals surface area contributed by atoms with Crippen molar-refractivity contribution < 1.29 is 0 Å². The largest absolute Gasteiger partial charge is 0.310 e. The van der Waals surface area contributed by atoms with Crippen molar-refractivity contribution in [3.8, 4) is 6.07 Å². The van der Waals surface area contributed by atoms with E-state index in [-0.39, 0.29) is 0 Å². The van der Waals surface area contributed by atoms with Gasteiger partial charge in [-0.1, -0.05) is 54.1 Å². The molecule has 0 aromatic heterocycles. The van der Waals surface area contributed by atoms with Gasteiger partial charge in [-0.25, -0.2) is 9.69 Å². The quantitative estimate of drug-likeness (QED) is 0.206. The second-order valence-corrected chi connectivity index (χ2v) is 9.48. The molecule has 0 bridgehead atoms. The topological polar surface area (TPSA) is 35.8 Å². The Balaban J connectivity index is 1.53. The van der Waals surface area contributed by atoms with Gasteiger partial charge < -0.3 is 4.90 Å². The summed E-state index contributed by atoms with van der Waals surface area (Å²) in [6, 6.07) is 28.7. The zero-order valence-electron chi connectivity index (χ0n) is 21.3. The van der Waals surface area contributed by atoms with Crippen molar-refractivity contribution in [2.75, 3.05) is 4.90 Å². The van der Waals surface area contributed by atoms with Gasteiger partial charge in [-0.2, -0.15) is 5.26 Å². The summed E-state index contributed by atoms with van der Waals surface area (Å²) in [6.45, 7) is 17.1. The Bertz CT molecular complexity index is 1600. The second kappa shape index (κ2) is 10.9. The van der Waals surface area contributed by atoms with Gasteiger partial charge in [-0.15, -0.1) is 0 Å². The lowest BCUT2D eigenvalue weighted by molar-refractivity contribution is 0.686. The Morgan fingerprint density at radius 1 is 0.816 bits per heavy atom. The van der Waals surface area contributed by atoms with Crippen LogP contribution in [0.3, 0.4) is 0 Å². The summed E-state index contributed by atoms with van der Waals surface area (Å²) < 4.78 is 0. The molecule has 4 nitrogen and oxygen atoms in total. The van der Waals surface area contributed by atoms with Crippen molar-refractivity contribution in [2.45, 2.75) is 32.6 Å². The van der Waals surface area contributed by atoms with Crippen LogP contribution in [0, 0.1) is 31.4 Å². The Morgan fingerprint density at radius 3 is 2.08 bits per heavy atom. The van der Waals surface area contributed by atoms with Crippen LogP contribution in [-0.4, -0.2) is 0 Å². The van der Waals surface area contributed by atoms with E-state index in [1.165, 1.54) is 47.4 Å². The van der Waals surface area contributed by atoms with Gasteiger partial charge in [0.2, 0.25) is 0 Å². The standard InChI is InChI=1S/C34H26N4/c1-24-11-16-28(17-12-24)38(34-10-6-8-27-7-4-5-9-30(27)34)29-18-13-25(14-19-29)15-20-31-32(36-2)21-26(23-35)22-33(31)37-3/h6,8,10-22H,4-5,7,9H2,1H3. The fourth-order valence-corrected chi connectivity index (χ4v) is 5.05. The number of hydrogen-bond donors (Lipinski definition) is 0. The smallest absolute Gasteiger partial charge is 0.185 e. The third kappa shape index (κ3) is 4.92. The highest BCUT2D eigenvalue weighted by Gasteiger charge is 2.20. The Hall–Kier alpha value is -5.11. The summed E-state index contributed by atoms with van der Waals surface area (Å²) in [4.78, 5) is 9.43. The molecule has 38 heavy (non-hydrogen) atoms. The van der Waals surface area contributed by atoms with Crippen molar-refractivity contribution in [3.63, 3.8) is 0 Å². The van der Waals surface area contributed by atoms with Gasteiger partial charge in [0.25, 0.3) is 0 Å². The first-order chi connectivity index (χ1) is 18.6. The predicted molar refractivity (Wildman–Crippen MR) is 155 cm³/mol. The molecule has 0 N–H and O–H groups in total. The van der Waals surface area contributed by atoms with Crippen LogP contribution in [0.1, 0.15) is 46.2 Å². The number of nitriles is 1. The van der Waals surface area contributed by atoms with Crippen molar-refractivity contribution in [2.24, 2.45) is 0 Å². The van der Waals surface area contributed by atoms with E-state index in [1.807, 2.05) is 12.1 Å². The van der Waals surface area contributed by atoms with Gasteiger partial charge in [0.1, 0.15) is 0 Å². The Kier molecular flexibility index (Phi) is 7.04. The molecule has 4 aromatic rings. The lowest BCUT2D eigenvalue weighted by Gasteiger charge is -2.30. The van der Waals surface area contributed by atoms with E-state index < -0.39 is 0 Å². The molecule has 0 heterocycles. The maximum atomic E-state index is 9.21. The summed E-state index contributed by atoms with van der Waals surface area (Å²) in [7, 11) is 0. The van der Waals surface area contributed by atoms with E-state index in [9.17, 15) is 5.26 Å². The molecule has 1 aliphatic rings. The fraction of sp³-hybridized carbons (Fsp3) is 0.147. The molecular weight excluding hydrogens is 464 g/mol. The summed E-state index contributed by atoms with van der Waals surface area (Å²) >= 11 is 0. The van der Waals surface area contributed by atoms with Crippen LogP contribution in [0.5, 0.6) is 0 Å². The minimum atomic E-state index is 0.308. The minimum absolute atomic E-state index is 0.308. The molecule has 0 saturated heterocycles. The van der Waals surface area contributed by atoms with Gasteiger partial charge in [0.15, 0.2) is 11.4 Å². The molecule has 0 aliphatic heterocycles. The van der Waals surface area contributed by atoms with Crippen LogP contribution in [0.2, 0.25) is 0 Å². The molecule has 0 unspecified atom stereocenters. The molecular formula is C34H26N4. The van der Waals surface area contributed by atoms with Crippen LogP contribution in [0.15, 0.2) is 78.9 Å². The fourth-order valence-electron chi connectivity index (χ4n) is 5.05.